The van der Waals surface area contributed by atoms with Crippen LogP contribution in [0.1, 0.15) is 0 Å². The lowest BCUT2D eigenvalue weighted by molar-refractivity contribution is -0.384. The Kier molecular flexibility index (Phi) is 4.33. The van der Waals surface area contributed by atoms with E-state index >= 15 is 0 Å². The molecule has 0 saturated heterocycles. The third kappa shape index (κ3) is 3.33. The monoisotopic (exact) mass is 293 g/mol. The number of nitro groups is 1. The number of non-ortho nitro benzene ring substituents is 1. The van der Waals surface area contributed by atoms with Crippen molar-refractivity contribution in [2.75, 3.05) is 11.7 Å². The zero-order chi connectivity index (χ0) is 14.5. The first-order valence-electron chi connectivity index (χ1n) is 5.44. The lowest BCUT2D eigenvalue weighted by Gasteiger charge is -2.07. The third-order valence-electron chi connectivity index (χ3n) is 2.26. The van der Waals surface area contributed by atoms with Crippen LogP contribution in [0, 0.1) is 10.1 Å². The average molecular weight is 293 g/mol. The number of benzene rings is 1. The number of hydrogen-bond acceptors (Lipinski definition) is 8. The van der Waals surface area contributed by atoms with Crippen molar-refractivity contribution >= 4 is 23.3 Å². The highest BCUT2D eigenvalue weighted by Crippen LogP contribution is 2.26. The van der Waals surface area contributed by atoms with Crippen molar-refractivity contribution in [3.05, 3.63) is 40.4 Å². The van der Waals surface area contributed by atoms with Gasteiger partial charge in [0, 0.05) is 12.1 Å². The number of nitrogen functional groups attached to an aromatic ring is 1. The number of nitro benzene ring substituents is 1. The van der Waals surface area contributed by atoms with Crippen molar-refractivity contribution in [2.45, 2.75) is 5.16 Å². The van der Waals surface area contributed by atoms with Gasteiger partial charge in [-0.05, 0) is 12.3 Å². The smallest absolute Gasteiger partial charge is 0.273 e. The summed E-state index contributed by atoms with van der Waals surface area (Å²) in [5, 5.41) is 11.2. The van der Waals surface area contributed by atoms with Gasteiger partial charge in [0.25, 0.3) is 5.69 Å². The van der Waals surface area contributed by atoms with E-state index in [-0.39, 0.29) is 11.6 Å². The van der Waals surface area contributed by atoms with E-state index in [1.165, 1.54) is 36.0 Å². The molecule has 2 aromatic rings. The summed E-state index contributed by atoms with van der Waals surface area (Å²) in [7, 11) is 0. The highest BCUT2D eigenvalue weighted by Gasteiger charge is 2.09. The van der Waals surface area contributed by atoms with Gasteiger partial charge in [0.15, 0.2) is 5.16 Å². The SMILES string of the molecule is CSc1nc(NN)cc(Oc2cccc([N+](=O)[O-])c2)n1. The van der Waals surface area contributed by atoms with Crippen molar-refractivity contribution < 1.29 is 9.66 Å². The predicted octanol–water partition coefficient (Wildman–Crippen LogP) is 2.18. The highest BCUT2D eigenvalue weighted by molar-refractivity contribution is 7.98. The van der Waals surface area contributed by atoms with Gasteiger partial charge in [-0.3, -0.25) is 10.1 Å². The van der Waals surface area contributed by atoms with Crippen LogP contribution in [0.25, 0.3) is 0 Å². The second-order valence-corrected chi connectivity index (χ2v) is 4.35. The summed E-state index contributed by atoms with van der Waals surface area (Å²) in [5.41, 5.74) is 2.35. The maximum atomic E-state index is 10.7. The van der Waals surface area contributed by atoms with Gasteiger partial charge in [-0.1, -0.05) is 17.8 Å². The summed E-state index contributed by atoms with van der Waals surface area (Å²) >= 11 is 1.33. The molecule has 104 valence electrons. The Morgan fingerprint density at radius 1 is 1.40 bits per heavy atom. The number of hydrazine groups is 1. The summed E-state index contributed by atoms with van der Waals surface area (Å²) in [6.45, 7) is 0. The summed E-state index contributed by atoms with van der Waals surface area (Å²) in [5.74, 6) is 6.26. The van der Waals surface area contributed by atoms with Gasteiger partial charge in [-0.2, -0.15) is 4.98 Å². The van der Waals surface area contributed by atoms with Gasteiger partial charge < -0.3 is 10.2 Å². The first-order chi connectivity index (χ1) is 9.62. The maximum Gasteiger partial charge on any atom is 0.273 e. The van der Waals surface area contributed by atoms with Crippen LogP contribution in [0.2, 0.25) is 0 Å². The molecular formula is C11H11N5O3S. The number of nitrogens with one attached hydrogen (secondary N) is 1. The van der Waals surface area contributed by atoms with Crippen LogP contribution in [0.15, 0.2) is 35.5 Å². The normalized spacial score (nSPS) is 10.1. The van der Waals surface area contributed by atoms with Crippen molar-refractivity contribution in [2.24, 2.45) is 5.84 Å². The van der Waals surface area contributed by atoms with Crippen molar-refractivity contribution in [1.29, 1.82) is 0 Å². The number of aromatic nitrogens is 2. The molecule has 20 heavy (non-hydrogen) atoms. The number of hydrogen-bond donors (Lipinski definition) is 2. The Morgan fingerprint density at radius 3 is 2.85 bits per heavy atom. The predicted molar refractivity (Wildman–Crippen MR) is 74.8 cm³/mol. The van der Waals surface area contributed by atoms with E-state index in [0.29, 0.717) is 16.7 Å². The van der Waals surface area contributed by atoms with Gasteiger partial charge in [-0.15, -0.1) is 0 Å². The summed E-state index contributed by atoms with van der Waals surface area (Å²) in [4.78, 5) is 18.4. The lowest BCUT2D eigenvalue weighted by atomic mass is 10.3. The topological polar surface area (TPSA) is 116 Å². The number of anilines is 1. The molecular weight excluding hydrogens is 282 g/mol. The molecule has 0 fully saturated rings. The molecule has 0 atom stereocenters. The van der Waals surface area contributed by atoms with Crippen molar-refractivity contribution in [1.82, 2.24) is 9.97 Å². The molecule has 0 spiro atoms. The zero-order valence-electron chi connectivity index (χ0n) is 10.4. The van der Waals surface area contributed by atoms with E-state index in [1.54, 1.807) is 6.07 Å². The molecule has 0 bridgehead atoms. The average Bonchev–Trinajstić information content (AvgIpc) is 2.47. The molecule has 3 N–H and O–H groups in total. The van der Waals surface area contributed by atoms with E-state index in [1.807, 2.05) is 6.26 Å². The number of rotatable bonds is 5. The van der Waals surface area contributed by atoms with E-state index in [0.717, 1.165) is 0 Å². The fraction of sp³-hybridized carbons (Fsp3) is 0.0909. The second-order valence-electron chi connectivity index (χ2n) is 3.58. The Hall–Kier alpha value is -2.39. The van der Waals surface area contributed by atoms with Crippen LogP contribution in [-0.4, -0.2) is 21.1 Å². The third-order valence-corrected chi connectivity index (χ3v) is 2.81. The molecule has 1 aromatic heterocycles. The fourth-order valence-corrected chi connectivity index (χ4v) is 1.77. The van der Waals surface area contributed by atoms with Crippen LogP contribution < -0.4 is 16.0 Å². The highest BCUT2D eigenvalue weighted by atomic mass is 32.2. The Labute approximate surface area is 118 Å². The molecule has 1 heterocycles. The molecule has 1 aromatic carbocycles. The van der Waals surface area contributed by atoms with Gasteiger partial charge in [-0.25, -0.2) is 10.8 Å². The molecule has 8 nitrogen and oxygen atoms in total. The van der Waals surface area contributed by atoms with E-state index in [2.05, 4.69) is 15.4 Å². The summed E-state index contributed by atoms with van der Waals surface area (Å²) < 4.78 is 5.49. The molecule has 0 aliphatic carbocycles. The van der Waals surface area contributed by atoms with E-state index < -0.39 is 4.92 Å². The molecule has 0 radical (unpaired) electrons. The summed E-state index contributed by atoms with van der Waals surface area (Å²) in [6, 6.07) is 7.33. The minimum atomic E-state index is -0.493. The fourth-order valence-electron chi connectivity index (χ4n) is 1.40. The molecule has 0 aliphatic heterocycles. The van der Waals surface area contributed by atoms with Gasteiger partial charge in [0.2, 0.25) is 5.88 Å². The Balaban J connectivity index is 2.29. The van der Waals surface area contributed by atoms with Crippen molar-refractivity contribution in [3.63, 3.8) is 0 Å². The molecule has 0 aliphatic rings. The van der Waals surface area contributed by atoms with Gasteiger partial charge in [0.05, 0.1) is 11.0 Å². The second kappa shape index (κ2) is 6.17. The standard InChI is InChI=1S/C11H11N5O3S/c1-20-11-13-9(15-12)6-10(14-11)19-8-4-2-3-7(5-8)16(17)18/h2-6H,12H2,1H3,(H,13,14,15). The first-order valence-corrected chi connectivity index (χ1v) is 6.67. The van der Waals surface area contributed by atoms with Crippen LogP contribution in [0.4, 0.5) is 11.5 Å². The number of nitrogens with two attached hydrogens (primary N) is 1. The minimum absolute atomic E-state index is 0.0566. The van der Waals surface area contributed by atoms with E-state index in [4.69, 9.17) is 10.6 Å². The lowest BCUT2D eigenvalue weighted by Crippen LogP contribution is -2.09. The zero-order valence-corrected chi connectivity index (χ0v) is 11.3. The number of thioether (sulfide) groups is 1. The van der Waals surface area contributed by atoms with Crippen LogP contribution in [-0.2, 0) is 0 Å². The van der Waals surface area contributed by atoms with Gasteiger partial charge >= 0.3 is 0 Å². The molecule has 0 amide bonds. The largest absolute Gasteiger partial charge is 0.439 e. The maximum absolute atomic E-state index is 10.7. The molecule has 0 saturated carbocycles. The number of ether oxygens (including phenoxy) is 1. The molecule has 2 rings (SSSR count). The molecule has 9 heteroatoms. The first kappa shape index (κ1) is 14.0. The van der Waals surface area contributed by atoms with Crippen LogP contribution in [0.3, 0.4) is 0 Å². The minimum Gasteiger partial charge on any atom is -0.439 e. The van der Waals surface area contributed by atoms with Crippen LogP contribution in [0.5, 0.6) is 11.6 Å². The van der Waals surface area contributed by atoms with Crippen LogP contribution >= 0.6 is 11.8 Å². The molecule has 0 unspecified atom stereocenters. The Bertz CT molecular complexity index is 615. The summed E-state index contributed by atoms with van der Waals surface area (Å²) in [6.07, 6.45) is 1.81. The van der Waals surface area contributed by atoms with Gasteiger partial charge in [0.1, 0.15) is 11.6 Å². The number of nitrogens with zero attached hydrogens (tertiary/aromatic N) is 3. The quantitative estimate of drug-likeness (QED) is 0.283. The van der Waals surface area contributed by atoms with E-state index in [9.17, 15) is 10.1 Å². The van der Waals surface area contributed by atoms with Crippen molar-refractivity contribution in [3.8, 4) is 11.6 Å². The Morgan fingerprint density at radius 2 is 2.20 bits per heavy atom.